The minimum atomic E-state index is 0.813. The SMILES string of the molecule is CCCCCCCCc1ccc(-c2ncc3c(n2)CCC(CC(C)CC)C3)cc1. The van der Waals surface area contributed by atoms with E-state index in [9.17, 15) is 0 Å². The van der Waals surface area contributed by atoms with Crippen LogP contribution in [0.5, 0.6) is 0 Å². The minimum absolute atomic E-state index is 0.813. The molecule has 0 saturated carbocycles. The lowest BCUT2D eigenvalue weighted by atomic mass is 9.81. The molecular weight excluding hydrogens is 352 g/mol. The molecule has 2 aromatic rings. The van der Waals surface area contributed by atoms with Crippen molar-refractivity contribution in [2.24, 2.45) is 11.8 Å². The van der Waals surface area contributed by atoms with E-state index in [4.69, 9.17) is 9.97 Å². The molecule has 0 saturated heterocycles. The number of hydrogen-bond acceptors (Lipinski definition) is 2. The second-order valence-electron chi connectivity index (χ2n) is 9.24. The van der Waals surface area contributed by atoms with E-state index < -0.39 is 0 Å². The summed E-state index contributed by atoms with van der Waals surface area (Å²) in [6.45, 7) is 6.96. The molecule has 0 radical (unpaired) electrons. The summed E-state index contributed by atoms with van der Waals surface area (Å²) in [5, 5.41) is 0. The van der Waals surface area contributed by atoms with E-state index in [2.05, 4.69) is 51.2 Å². The van der Waals surface area contributed by atoms with Crippen molar-refractivity contribution < 1.29 is 0 Å². The standard InChI is InChI=1S/C27H40N2/c1-4-6-7-8-9-10-11-22-12-15-24(16-13-22)27-28-20-25-19-23(18-21(3)5-2)14-17-26(25)29-27/h12-13,15-16,20-21,23H,4-11,14,17-19H2,1-3H3. The molecule has 0 bridgehead atoms. The van der Waals surface area contributed by atoms with Crippen molar-refractivity contribution in [2.75, 3.05) is 0 Å². The van der Waals surface area contributed by atoms with Crippen LogP contribution in [0, 0.1) is 11.8 Å². The quantitative estimate of drug-likeness (QED) is 0.368. The first-order valence-corrected chi connectivity index (χ1v) is 12.1. The Kier molecular flexibility index (Phi) is 8.70. The molecule has 2 atom stereocenters. The fraction of sp³-hybridized carbons (Fsp3) is 0.630. The van der Waals surface area contributed by atoms with Crippen LogP contribution in [0.2, 0.25) is 0 Å². The van der Waals surface area contributed by atoms with Crippen molar-refractivity contribution >= 4 is 0 Å². The van der Waals surface area contributed by atoms with E-state index in [0.29, 0.717) is 0 Å². The number of hydrogen-bond donors (Lipinski definition) is 0. The van der Waals surface area contributed by atoms with Gasteiger partial charge in [0.2, 0.25) is 0 Å². The van der Waals surface area contributed by atoms with Crippen LogP contribution in [0.4, 0.5) is 0 Å². The molecule has 0 spiro atoms. The molecule has 0 amide bonds. The van der Waals surface area contributed by atoms with E-state index >= 15 is 0 Å². The first-order valence-electron chi connectivity index (χ1n) is 12.1. The first kappa shape index (κ1) is 22.0. The largest absolute Gasteiger partial charge is 0.236 e. The van der Waals surface area contributed by atoms with Crippen LogP contribution in [-0.4, -0.2) is 9.97 Å². The van der Waals surface area contributed by atoms with Crippen molar-refractivity contribution in [2.45, 2.75) is 97.8 Å². The fourth-order valence-electron chi connectivity index (χ4n) is 4.59. The maximum Gasteiger partial charge on any atom is 0.159 e. The number of benzene rings is 1. The van der Waals surface area contributed by atoms with Gasteiger partial charge in [0, 0.05) is 17.5 Å². The molecule has 2 heteroatoms. The summed E-state index contributed by atoms with van der Waals surface area (Å²) in [6.07, 6.45) is 17.6. The Bertz CT molecular complexity index is 735. The molecule has 1 aliphatic rings. The van der Waals surface area contributed by atoms with Gasteiger partial charge in [-0.25, -0.2) is 9.97 Å². The number of rotatable bonds is 11. The van der Waals surface area contributed by atoms with Crippen LogP contribution in [0.25, 0.3) is 11.4 Å². The Morgan fingerprint density at radius 3 is 2.52 bits per heavy atom. The summed E-state index contributed by atoms with van der Waals surface area (Å²) in [5.74, 6) is 2.54. The van der Waals surface area contributed by atoms with Crippen LogP contribution in [-0.2, 0) is 19.3 Å². The molecule has 1 aromatic carbocycles. The van der Waals surface area contributed by atoms with Gasteiger partial charge in [-0.05, 0) is 61.5 Å². The molecule has 2 nitrogen and oxygen atoms in total. The number of unbranched alkanes of at least 4 members (excludes halogenated alkanes) is 5. The van der Waals surface area contributed by atoms with E-state index in [-0.39, 0.29) is 0 Å². The average Bonchev–Trinajstić information content (AvgIpc) is 2.76. The summed E-state index contributed by atoms with van der Waals surface area (Å²) in [5.41, 5.74) is 5.26. The third-order valence-electron chi connectivity index (χ3n) is 6.72. The zero-order chi connectivity index (χ0) is 20.5. The number of nitrogens with zero attached hydrogens (tertiary/aromatic N) is 2. The van der Waals surface area contributed by atoms with Crippen LogP contribution in [0.1, 0.15) is 95.4 Å². The molecule has 1 heterocycles. The van der Waals surface area contributed by atoms with Gasteiger partial charge in [0.1, 0.15) is 0 Å². The summed E-state index contributed by atoms with van der Waals surface area (Å²) in [6, 6.07) is 8.96. The minimum Gasteiger partial charge on any atom is -0.236 e. The summed E-state index contributed by atoms with van der Waals surface area (Å²) in [4.78, 5) is 9.66. The average molecular weight is 393 g/mol. The van der Waals surface area contributed by atoms with Crippen LogP contribution < -0.4 is 0 Å². The second kappa shape index (κ2) is 11.5. The predicted octanol–water partition coefficient (Wildman–Crippen LogP) is 7.59. The Labute approximate surface area is 178 Å². The smallest absolute Gasteiger partial charge is 0.159 e. The van der Waals surface area contributed by atoms with Crippen molar-refractivity contribution in [3.05, 3.63) is 47.3 Å². The molecule has 3 rings (SSSR count). The summed E-state index contributed by atoms with van der Waals surface area (Å²) >= 11 is 0. The number of aromatic nitrogens is 2. The van der Waals surface area contributed by atoms with Crippen molar-refractivity contribution in [1.29, 1.82) is 0 Å². The number of fused-ring (bicyclic) bond motifs is 1. The molecule has 2 unspecified atom stereocenters. The van der Waals surface area contributed by atoms with Crippen molar-refractivity contribution in [3.8, 4) is 11.4 Å². The Morgan fingerprint density at radius 2 is 1.76 bits per heavy atom. The van der Waals surface area contributed by atoms with E-state index in [1.165, 1.54) is 81.0 Å². The molecule has 0 aliphatic heterocycles. The van der Waals surface area contributed by atoms with Crippen molar-refractivity contribution in [1.82, 2.24) is 9.97 Å². The zero-order valence-electron chi connectivity index (χ0n) is 18.9. The van der Waals surface area contributed by atoms with Crippen molar-refractivity contribution in [3.63, 3.8) is 0 Å². The van der Waals surface area contributed by atoms with Crippen LogP contribution in [0.3, 0.4) is 0 Å². The van der Waals surface area contributed by atoms with Gasteiger partial charge in [-0.3, -0.25) is 0 Å². The van der Waals surface area contributed by atoms with Gasteiger partial charge >= 0.3 is 0 Å². The van der Waals surface area contributed by atoms with Gasteiger partial charge in [-0.15, -0.1) is 0 Å². The lowest BCUT2D eigenvalue weighted by molar-refractivity contribution is 0.346. The highest BCUT2D eigenvalue weighted by molar-refractivity contribution is 5.55. The third kappa shape index (κ3) is 6.66. The Hall–Kier alpha value is -1.70. The summed E-state index contributed by atoms with van der Waals surface area (Å²) in [7, 11) is 0. The van der Waals surface area contributed by atoms with Gasteiger partial charge in [0.05, 0.1) is 0 Å². The molecular formula is C27H40N2. The molecule has 1 aromatic heterocycles. The first-order chi connectivity index (χ1) is 14.2. The summed E-state index contributed by atoms with van der Waals surface area (Å²) < 4.78 is 0. The monoisotopic (exact) mass is 392 g/mol. The maximum absolute atomic E-state index is 4.94. The predicted molar refractivity (Wildman–Crippen MR) is 124 cm³/mol. The normalized spacial score (nSPS) is 17.1. The van der Waals surface area contributed by atoms with Gasteiger partial charge < -0.3 is 0 Å². The third-order valence-corrected chi connectivity index (χ3v) is 6.72. The van der Waals surface area contributed by atoms with Gasteiger partial charge in [-0.2, -0.15) is 0 Å². The molecule has 29 heavy (non-hydrogen) atoms. The Balaban J connectivity index is 1.54. The molecule has 0 fully saturated rings. The van der Waals surface area contributed by atoms with E-state index in [1.54, 1.807) is 0 Å². The second-order valence-corrected chi connectivity index (χ2v) is 9.24. The molecule has 158 valence electrons. The number of aryl methyl sites for hydroxylation is 2. The van der Waals surface area contributed by atoms with Gasteiger partial charge in [-0.1, -0.05) is 83.6 Å². The lowest BCUT2D eigenvalue weighted by Gasteiger charge is -2.26. The Morgan fingerprint density at radius 1 is 1.00 bits per heavy atom. The molecule has 0 N–H and O–H groups in total. The molecule has 1 aliphatic carbocycles. The van der Waals surface area contributed by atoms with E-state index in [0.717, 1.165) is 36.1 Å². The van der Waals surface area contributed by atoms with Crippen LogP contribution >= 0.6 is 0 Å². The highest BCUT2D eigenvalue weighted by atomic mass is 14.9. The highest BCUT2D eigenvalue weighted by Crippen LogP contribution is 2.30. The highest BCUT2D eigenvalue weighted by Gasteiger charge is 2.22. The van der Waals surface area contributed by atoms with E-state index in [1.807, 2.05) is 0 Å². The fourth-order valence-corrected chi connectivity index (χ4v) is 4.59. The van der Waals surface area contributed by atoms with Crippen LogP contribution in [0.15, 0.2) is 30.5 Å². The van der Waals surface area contributed by atoms with Gasteiger partial charge in [0.15, 0.2) is 5.82 Å². The lowest BCUT2D eigenvalue weighted by Crippen LogP contribution is -2.18. The van der Waals surface area contributed by atoms with Gasteiger partial charge in [0.25, 0.3) is 0 Å². The maximum atomic E-state index is 4.94. The topological polar surface area (TPSA) is 25.8 Å². The zero-order valence-corrected chi connectivity index (χ0v) is 18.9.